The summed E-state index contributed by atoms with van der Waals surface area (Å²) < 4.78 is 29.9. The standard InChI is InChI=1S/C34H38F2S2Si2/c1-7-39(8-2,9-3)15-13-25-27-17-23-19-33(35)38-32(23)22-30(27)26(14-16-40(10-4,11-5)12-6)28-18-24-20-34(36)37-31(24)21-29(25)28/h17-23,32H,7-12H2,1-6H3. The zero-order valence-electron chi connectivity index (χ0n) is 24.4. The summed E-state index contributed by atoms with van der Waals surface area (Å²) in [5, 5.41) is 4.89. The highest BCUT2D eigenvalue weighted by molar-refractivity contribution is 8.04. The van der Waals surface area contributed by atoms with Crippen LogP contribution in [0.3, 0.4) is 0 Å². The fourth-order valence-corrected chi connectivity index (χ4v) is 12.9. The molecule has 0 N–H and O–H groups in total. The molecular weight excluding hydrogens is 567 g/mol. The Bertz CT molecular complexity index is 1740. The van der Waals surface area contributed by atoms with Gasteiger partial charge in [-0.15, -0.1) is 22.4 Å². The van der Waals surface area contributed by atoms with E-state index in [4.69, 9.17) is 0 Å². The van der Waals surface area contributed by atoms with Crippen LogP contribution in [0.5, 0.6) is 0 Å². The molecule has 3 aromatic rings. The van der Waals surface area contributed by atoms with E-state index in [0.29, 0.717) is 0 Å². The van der Waals surface area contributed by atoms with E-state index in [9.17, 15) is 8.78 Å². The normalized spacial score (nSPS) is 18.1. The first-order valence-electron chi connectivity index (χ1n) is 14.8. The fraction of sp³-hybridized carbons (Fsp3) is 0.412. The second kappa shape index (κ2) is 11.6. The van der Waals surface area contributed by atoms with Gasteiger partial charge < -0.3 is 0 Å². The zero-order chi connectivity index (χ0) is 28.7. The summed E-state index contributed by atoms with van der Waals surface area (Å²) in [6.07, 6.45) is 6.20. The Labute approximate surface area is 248 Å². The van der Waals surface area contributed by atoms with Gasteiger partial charge in [-0.05, 0) is 81.7 Å². The van der Waals surface area contributed by atoms with E-state index in [1.807, 2.05) is 0 Å². The maximum Gasteiger partial charge on any atom is 0.177 e. The van der Waals surface area contributed by atoms with Gasteiger partial charge in [0.1, 0.15) is 16.1 Å². The van der Waals surface area contributed by atoms with Crippen LogP contribution < -0.4 is 10.4 Å². The van der Waals surface area contributed by atoms with Crippen molar-refractivity contribution in [2.75, 3.05) is 0 Å². The third kappa shape index (κ3) is 5.18. The number of halogens is 2. The van der Waals surface area contributed by atoms with Crippen molar-refractivity contribution >= 4 is 72.3 Å². The third-order valence-corrected chi connectivity index (χ3v) is 21.0. The average Bonchev–Trinajstić information content (AvgIpc) is 3.52. The van der Waals surface area contributed by atoms with Gasteiger partial charge in [0.2, 0.25) is 0 Å². The van der Waals surface area contributed by atoms with Gasteiger partial charge in [-0.2, -0.15) is 8.78 Å². The van der Waals surface area contributed by atoms with Crippen molar-refractivity contribution in [3.8, 4) is 22.9 Å². The number of benzene rings is 2. The maximum atomic E-state index is 14.5. The molecule has 40 heavy (non-hydrogen) atoms. The second-order valence-electron chi connectivity index (χ2n) is 11.2. The van der Waals surface area contributed by atoms with E-state index < -0.39 is 16.1 Å². The lowest BCUT2D eigenvalue weighted by atomic mass is 9.88. The first-order chi connectivity index (χ1) is 19.2. The molecule has 2 atom stereocenters. The Balaban J connectivity index is 1.95. The smallest absolute Gasteiger partial charge is 0.177 e. The molecule has 5 rings (SSSR count). The lowest BCUT2D eigenvalue weighted by molar-refractivity contribution is 0.658. The molecule has 0 bridgehead atoms. The lowest BCUT2D eigenvalue weighted by Crippen LogP contribution is -2.38. The molecule has 2 unspecified atom stereocenters. The van der Waals surface area contributed by atoms with Crippen LogP contribution in [-0.2, 0) is 0 Å². The minimum absolute atomic E-state index is 0.000131. The monoisotopic (exact) mass is 604 g/mol. The molecule has 0 radical (unpaired) electrons. The molecule has 6 heteroatoms. The highest BCUT2D eigenvalue weighted by Gasteiger charge is 2.30. The van der Waals surface area contributed by atoms with Gasteiger partial charge >= 0.3 is 0 Å². The summed E-state index contributed by atoms with van der Waals surface area (Å²) >= 11 is 2.48. The fourth-order valence-electron chi connectivity index (χ4n) is 6.20. The van der Waals surface area contributed by atoms with Gasteiger partial charge in [0.15, 0.2) is 10.3 Å². The van der Waals surface area contributed by atoms with Crippen LogP contribution in [0, 0.1) is 34.0 Å². The largest absolute Gasteiger partial charge is 0.200 e. The number of rotatable bonds is 6. The van der Waals surface area contributed by atoms with Crippen LogP contribution in [0.15, 0.2) is 29.4 Å². The van der Waals surface area contributed by atoms with Crippen molar-refractivity contribution in [3.05, 3.63) is 56.1 Å². The SMILES string of the molecule is CC[Si](C#Cc1c2c(c(C#C[Si](CC)(CC)CC)c3cc4sc(F)cc4cc13)=CC1C=C(F)SC1C=2)(CC)CC. The first kappa shape index (κ1) is 29.4. The Morgan fingerprint density at radius 2 is 1.23 bits per heavy atom. The Morgan fingerprint density at radius 1 is 0.700 bits per heavy atom. The van der Waals surface area contributed by atoms with Crippen LogP contribution in [-0.4, -0.2) is 21.4 Å². The summed E-state index contributed by atoms with van der Waals surface area (Å²) in [6.45, 7) is 13.7. The number of fused-ring (bicyclic) bond motifs is 4. The minimum atomic E-state index is -1.73. The van der Waals surface area contributed by atoms with Crippen molar-refractivity contribution < 1.29 is 8.78 Å². The Hall–Kier alpha value is -2.10. The molecule has 2 heterocycles. The van der Waals surface area contributed by atoms with Crippen LogP contribution in [0.1, 0.15) is 52.7 Å². The van der Waals surface area contributed by atoms with Crippen molar-refractivity contribution in [2.24, 2.45) is 5.92 Å². The molecular formula is C34H38F2S2Si2. The molecule has 1 aliphatic carbocycles. The van der Waals surface area contributed by atoms with Crippen molar-refractivity contribution in [1.82, 2.24) is 0 Å². The van der Waals surface area contributed by atoms with E-state index in [0.717, 1.165) is 78.7 Å². The number of allylic oxidation sites excluding steroid dienone is 1. The number of thiophene rings is 1. The summed E-state index contributed by atoms with van der Waals surface area (Å²) in [5.41, 5.74) is 9.66. The second-order valence-corrected chi connectivity index (χ2v) is 23.3. The van der Waals surface area contributed by atoms with Crippen LogP contribution in [0.2, 0.25) is 36.3 Å². The van der Waals surface area contributed by atoms with Crippen LogP contribution in [0.4, 0.5) is 8.78 Å². The summed E-state index contributed by atoms with van der Waals surface area (Å²) in [6, 6.07) is 12.6. The summed E-state index contributed by atoms with van der Waals surface area (Å²) in [7, 11) is -3.46. The van der Waals surface area contributed by atoms with Gasteiger partial charge in [0, 0.05) is 32.4 Å². The highest BCUT2D eigenvalue weighted by Crippen LogP contribution is 2.40. The highest BCUT2D eigenvalue weighted by atomic mass is 32.2. The lowest BCUT2D eigenvalue weighted by Gasteiger charge is -2.22. The Kier molecular flexibility index (Phi) is 8.56. The third-order valence-electron chi connectivity index (χ3n) is 9.60. The van der Waals surface area contributed by atoms with Gasteiger partial charge in [0.05, 0.1) is 0 Å². The number of hydrogen-bond acceptors (Lipinski definition) is 2. The zero-order valence-corrected chi connectivity index (χ0v) is 28.1. The predicted octanol–water partition coefficient (Wildman–Crippen LogP) is 9.11. The molecule has 0 spiro atoms. The summed E-state index contributed by atoms with van der Waals surface area (Å²) in [4.78, 5) is 0. The van der Waals surface area contributed by atoms with E-state index in [1.165, 1.54) is 23.1 Å². The molecule has 2 aliphatic rings. The van der Waals surface area contributed by atoms with Crippen LogP contribution >= 0.6 is 23.1 Å². The maximum absolute atomic E-state index is 14.5. The number of hydrogen-bond donors (Lipinski definition) is 0. The minimum Gasteiger partial charge on any atom is -0.200 e. The van der Waals surface area contributed by atoms with Crippen molar-refractivity contribution in [1.29, 1.82) is 0 Å². The van der Waals surface area contributed by atoms with Crippen molar-refractivity contribution in [2.45, 2.75) is 83.1 Å². The van der Waals surface area contributed by atoms with Gasteiger partial charge in [-0.25, -0.2) is 0 Å². The predicted molar refractivity (Wildman–Crippen MR) is 180 cm³/mol. The van der Waals surface area contributed by atoms with Crippen molar-refractivity contribution in [3.63, 3.8) is 0 Å². The molecule has 1 aromatic heterocycles. The van der Waals surface area contributed by atoms with Gasteiger partial charge in [-0.3, -0.25) is 0 Å². The topological polar surface area (TPSA) is 0 Å². The molecule has 2 aromatic carbocycles. The molecule has 0 fully saturated rings. The Morgan fingerprint density at radius 3 is 1.77 bits per heavy atom. The van der Waals surface area contributed by atoms with Gasteiger partial charge in [-0.1, -0.05) is 77.3 Å². The summed E-state index contributed by atoms with van der Waals surface area (Å²) in [5.74, 6) is 7.43. The van der Waals surface area contributed by atoms with Crippen LogP contribution in [0.25, 0.3) is 33.0 Å². The average molecular weight is 605 g/mol. The van der Waals surface area contributed by atoms with E-state index in [2.05, 4.69) is 88.8 Å². The van der Waals surface area contributed by atoms with E-state index in [1.54, 1.807) is 12.1 Å². The molecule has 208 valence electrons. The quantitative estimate of drug-likeness (QED) is 0.200. The molecule has 0 saturated carbocycles. The molecule has 0 nitrogen and oxygen atoms in total. The van der Waals surface area contributed by atoms with E-state index in [-0.39, 0.29) is 21.5 Å². The first-order valence-corrected chi connectivity index (χ1v) is 21.7. The molecule has 1 aliphatic heterocycles. The molecule has 0 saturated heterocycles. The number of thioether (sulfide) groups is 1. The molecule has 0 amide bonds. The van der Waals surface area contributed by atoms with E-state index >= 15 is 0 Å². The van der Waals surface area contributed by atoms with Gasteiger partial charge in [0.25, 0.3) is 0 Å².